The summed E-state index contributed by atoms with van der Waals surface area (Å²) in [5.74, 6) is -0.699. The van der Waals surface area contributed by atoms with Crippen molar-refractivity contribution in [3.63, 3.8) is 0 Å². The lowest BCUT2D eigenvalue weighted by Gasteiger charge is -2.34. The van der Waals surface area contributed by atoms with Gasteiger partial charge in [-0.05, 0) is 25.1 Å². The molecule has 0 aliphatic carbocycles. The van der Waals surface area contributed by atoms with Crippen molar-refractivity contribution in [3.05, 3.63) is 34.6 Å². The summed E-state index contributed by atoms with van der Waals surface area (Å²) in [4.78, 5) is 13.9. The second kappa shape index (κ2) is 6.36. The van der Waals surface area contributed by atoms with Gasteiger partial charge in [-0.3, -0.25) is 4.79 Å². The van der Waals surface area contributed by atoms with Gasteiger partial charge in [-0.25, -0.2) is 4.39 Å². The van der Waals surface area contributed by atoms with Crippen LogP contribution >= 0.6 is 24.0 Å². The van der Waals surface area contributed by atoms with Gasteiger partial charge in [0.1, 0.15) is 5.82 Å². The first-order valence-corrected chi connectivity index (χ1v) is 5.94. The number of amides is 1. The number of nitrogens with zero attached hydrogens (tertiary/aromatic N) is 1. The Morgan fingerprint density at radius 3 is 2.89 bits per heavy atom. The summed E-state index contributed by atoms with van der Waals surface area (Å²) >= 11 is 5.59. The molecule has 0 saturated carbocycles. The highest BCUT2D eigenvalue weighted by Crippen LogP contribution is 2.18. The maximum absolute atomic E-state index is 13.3. The van der Waals surface area contributed by atoms with Crippen molar-refractivity contribution < 1.29 is 9.18 Å². The quantitative estimate of drug-likeness (QED) is 0.862. The van der Waals surface area contributed by atoms with E-state index in [2.05, 4.69) is 5.32 Å². The van der Waals surface area contributed by atoms with Crippen molar-refractivity contribution in [2.45, 2.75) is 13.0 Å². The second-order valence-corrected chi connectivity index (χ2v) is 4.59. The average molecular weight is 293 g/mol. The van der Waals surface area contributed by atoms with Crippen molar-refractivity contribution in [2.24, 2.45) is 0 Å². The van der Waals surface area contributed by atoms with Crippen molar-refractivity contribution in [1.82, 2.24) is 10.2 Å². The van der Waals surface area contributed by atoms with Gasteiger partial charge >= 0.3 is 0 Å². The van der Waals surface area contributed by atoms with Gasteiger partial charge in [0.05, 0.1) is 5.02 Å². The zero-order valence-corrected chi connectivity index (χ0v) is 11.5. The van der Waals surface area contributed by atoms with E-state index in [1.54, 1.807) is 11.0 Å². The maximum atomic E-state index is 13.3. The lowest BCUT2D eigenvalue weighted by Crippen LogP contribution is -2.52. The third-order valence-electron chi connectivity index (χ3n) is 2.93. The van der Waals surface area contributed by atoms with Crippen molar-refractivity contribution >= 4 is 29.9 Å². The fourth-order valence-electron chi connectivity index (χ4n) is 1.94. The van der Waals surface area contributed by atoms with Crippen LogP contribution in [-0.4, -0.2) is 36.5 Å². The highest BCUT2D eigenvalue weighted by Gasteiger charge is 2.24. The van der Waals surface area contributed by atoms with Gasteiger partial charge in [-0.15, -0.1) is 12.4 Å². The van der Waals surface area contributed by atoms with Crippen LogP contribution in [0.2, 0.25) is 5.02 Å². The van der Waals surface area contributed by atoms with E-state index in [1.807, 2.05) is 6.92 Å². The molecule has 0 radical (unpaired) electrons. The first-order valence-electron chi connectivity index (χ1n) is 5.56. The number of hydrogen-bond acceptors (Lipinski definition) is 2. The molecule has 1 N–H and O–H groups in total. The molecule has 100 valence electrons. The molecule has 1 aromatic carbocycles. The van der Waals surface area contributed by atoms with Crippen molar-refractivity contribution in [1.29, 1.82) is 0 Å². The zero-order valence-electron chi connectivity index (χ0n) is 9.95. The first-order chi connectivity index (χ1) is 8.09. The number of hydrogen-bond donors (Lipinski definition) is 1. The first kappa shape index (κ1) is 15.2. The van der Waals surface area contributed by atoms with Crippen LogP contribution in [0.4, 0.5) is 4.39 Å². The molecule has 1 fully saturated rings. The molecule has 1 aliphatic rings. The van der Waals surface area contributed by atoms with Crippen LogP contribution in [0.15, 0.2) is 18.2 Å². The molecular weight excluding hydrogens is 278 g/mol. The Kier molecular flexibility index (Phi) is 5.38. The summed E-state index contributed by atoms with van der Waals surface area (Å²) < 4.78 is 13.3. The fraction of sp³-hybridized carbons (Fsp3) is 0.417. The Bertz CT molecular complexity index is 442. The molecular formula is C12H15Cl2FN2O. The fourth-order valence-corrected chi connectivity index (χ4v) is 2.06. The van der Waals surface area contributed by atoms with E-state index < -0.39 is 5.82 Å². The van der Waals surface area contributed by atoms with Gasteiger partial charge in [0.15, 0.2) is 0 Å². The number of halogens is 3. The minimum absolute atomic E-state index is 0. The second-order valence-electron chi connectivity index (χ2n) is 4.18. The van der Waals surface area contributed by atoms with Crippen LogP contribution in [0.3, 0.4) is 0 Å². The van der Waals surface area contributed by atoms with Crippen molar-refractivity contribution in [2.75, 3.05) is 19.6 Å². The summed E-state index contributed by atoms with van der Waals surface area (Å²) in [6, 6.07) is 4.29. The Morgan fingerprint density at radius 2 is 2.28 bits per heavy atom. The number of piperazine rings is 1. The monoisotopic (exact) mass is 292 g/mol. The molecule has 0 aromatic heterocycles. The lowest BCUT2D eigenvalue weighted by molar-refractivity contribution is 0.0655. The Balaban J connectivity index is 0.00000162. The molecule has 0 spiro atoms. The molecule has 1 heterocycles. The predicted octanol–water partition coefficient (Wildman–Crippen LogP) is 2.33. The number of carbonyl (C=O) groups is 1. The smallest absolute Gasteiger partial charge is 0.254 e. The van der Waals surface area contributed by atoms with Crippen LogP contribution in [0, 0.1) is 5.82 Å². The number of nitrogens with one attached hydrogen (secondary N) is 1. The molecule has 0 bridgehead atoms. The molecule has 0 unspecified atom stereocenters. The third-order valence-corrected chi connectivity index (χ3v) is 3.24. The van der Waals surface area contributed by atoms with Crippen LogP contribution in [-0.2, 0) is 0 Å². The topological polar surface area (TPSA) is 32.3 Å². The van der Waals surface area contributed by atoms with E-state index in [0.717, 1.165) is 13.1 Å². The molecule has 1 amide bonds. The van der Waals surface area contributed by atoms with Gasteiger partial charge < -0.3 is 10.2 Å². The summed E-state index contributed by atoms with van der Waals surface area (Å²) in [5.41, 5.74) is 0.348. The van der Waals surface area contributed by atoms with Crippen LogP contribution in [0.5, 0.6) is 0 Å². The molecule has 1 saturated heterocycles. The highest BCUT2D eigenvalue weighted by molar-refractivity contribution is 6.30. The third kappa shape index (κ3) is 3.13. The molecule has 1 aliphatic heterocycles. The van der Waals surface area contributed by atoms with Gasteiger partial charge in [0.25, 0.3) is 5.91 Å². The van der Waals surface area contributed by atoms with E-state index >= 15 is 0 Å². The van der Waals surface area contributed by atoms with Gasteiger partial charge in [-0.1, -0.05) is 11.6 Å². The van der Waals surface area contributed by atoms with E-state index in [0.29, 0.717) is 12.1 Å². The Hall–Kier alpha value is -0.840. The highest BCUT2D eigenvalue weighted by atomic mass is 35.5. The molecule has 3 nitrogen and oxygen atoms in total. The van der Waals surface area contributed by atoms with E-state index in [9.17, 15) is 9.18 Å². The summed E-state index contributed by atoms with van der Waals surface area (Å²) in [6.07, 6.45) is 0. The summed E-state index contributed by atoms with van der Waals surface area (Å²) in [6.45, 7) is 4.15. The molecule has 2 rings (SSSR count). The van der Waals surface area contributed by atoms with Crippen LogP contribution < -0.4 is 5.32 Å². The zero-order chi connectivity index (χ0) is 12.4. The van der Waals surface area contributed by atoms with E-state index in [4.69, 9.17) is 11.6 Å². The SMILES string of the molecule is C[C@H]1CNCCN1C(=O)c1ccc(Cl)c(F)c1.Cl. The minimum atomic E-state index is -0.555. The number of carbonyl (C=O) groups excluding carboxylic acids is 1. The summed E-state index contributed by atoms with van der Waals surface area (Å²) in [7, 11) is 0. The average Bonchev–Trinajstić information content (AvgIpc) is 2.32. The molecule has 1 aromatic rings. The molecule has 1 atom stereocenters. The minimum Gasteiger partial charge on any atom is -0.333 e. The number of benzene rings is 1. The van der Waals surface area contributed by atoms with Crippen molar-refractivity contribution in [3.8, 4) is 0 Å². The van der Waals surface area contributed by atoms with E-state index in [-0.39, 0.29) is 29.4 Å². The summed E-state index contributed by atoms with van der Waals surface area (Å²) in [5, 5.41) is 3.24. The molecule has 18 heavy (non-hydrogen) atoms. The predicted molar refractivity (Wildman–Crippen MR) is 72.0 cm³/mol. The van der Waals surface area contributed by atoms with Gasteiger partial charge in [0, 0.05) is 31.2 Å². The van der Waals surface area contributed by atoms with E-state index in [1.165, 1.54) is 12.1 Å². The van der Waals surface area contributed by atoms with Gasteiger partial charge in [0.2, 0.25) is 0 Å². The molecule has 6 heteroatoms. The Morgan fingerprint density at radius 1 is 1.56 bits per heavy atom. The lowest BCUT2D eigenvalue weighted by atomic mass is 10.1. The van der Waals surface area contributed by atoms with Gasteiger partial charge in [-0.2, -0.15) is 0 Å². The number of rotatable bonds is 1. The standard InChI is InChI=1S/C12H14ClFN2O.ClH/c1-8-7-15-4-5-16(8)12(17)9-2-3-10(13)11(14)6-9;/h2-3,6,8,15H,4-5,7H2,1H3;1H/t8-;/m0./s1. The maximum Gasteiger partial charge on any atom is 0.254 e. The van der Waals surface area contributed by atoms with Crippen LogP contribution in [0.1, 0.15) is 17.3 Å². The van der Waals surface area contributed by atoms with Crippen LogP contribution in [0.25, 0.3) is 0 Å². The normalized spacial score (nSPS) is 19.3. The largest absolute Gasteiger partial charge is 0.333 e. The Labute approximate surface area is 117 Å².